The second-order valence-corrected chi connectivity index (χ2v) is 11.6. The van der Waals surface area contributed by atoms with Crippen molar-refractivity contribution in [2.45, 2.75) is 31.7 Å². The lowest BCUT2D eigenvalue weighted by molar-refractivity contribution is -0.171. The lowest BCUT2D eigenvalue weighted by atomic mass is 9.86. The number of hydrogen-bond acceptors (Lipinski definition) is 6. The molecule has 0 fully saturated rings. The first-order valence-electron chi connectivity index (χ1n) is 13.3. The molecule has 2 heterocycles. The zero-order chi connectivity index (χ0) is 29.9. The van der Waals surface area contributed by atoms with Crippen LogP contribution in [-0.4, -0.2) is 34.5 Å². The lowest BCUT2D eigenvalue weighted by Crippen LogP contribution is -2.51. The van der Waals surface area contributed by atoms with Crippen molar-refractivity contribution in [2.75, 3.05) is 7.11 Å². The summed E-state index contributed by atoms with van der Waals surface area (Å²) in [6.07, 6.45) is 0.373. The molecule has 0 saturated heterocycles. The van der Waals surface area contributed by atoms with Gasteiger partial charge in [-0.05, 0) is 60.5 Å². The highest BCUT2D eigenvalue weighted by Crippen LogP contribution is 2.47. The summed E-state index contributed by atoms with van der Waals surface area (Å²) in [6, 6.07) is 18.2. The van der Waals surface area contributed by atoms with E-state index in [4.69, 9.17) is 37.4 Å². The Morgan fingerprint density at radius 2 is 1.76 bits per heavy atom. The van der Waals surface area contributed by atoms with Crippen molar-refractivity contribution in [3.63, 3.8) is 0 Å². The Balaban J connectivity index is 1.49. The van der Waals surface area contributed by atoms with Crippen LogP contribution in [0.15, 0.2) is 71.5 Å². The van der Waals surface area contributed by atoms with Gasteiger partial charge in [0.05, 0.1) is 39.1 Å². The first-order valence-corrected chi connectivity index (χ1v) is 14.0. The van der Waals surface area contributed by atoms with E-state index in [1.165, 1.54) is 13.2 Å². The standard InChI is InChI=1S/C33H27Cl2NO6/c1-33(2)32(41-26(37)12-10-17-9-11-21(34)22(35)13-17)31(39)28-25(42-33)16-24(40-4)27-29(28)36(3)23-15-19-8-6-5-7-18(19)14-20(23)30(27)38/h5-16,31-32,39H,1-4H3/b12-10+. The molecule has 7 nitrogen and oxygen atoms in total. The molecule has 5 aromatic rings. The van der Waals surface area contributed by atoms with Crippen LogP contribution in [0.1, 0.15) is 31.1 Å². The van der Waals surface area contributed by atoms with Gasteiger partial charge in [0, 0.05) is 24.6 Å². The summed E-state index contributed by atoms with van der Waals surface area (Å²) in [4.78, 5) is 26.9. The number of fused-ring (bicyclic) bond motifs is 5. The van der Waals surface area contributed by atoms with Crippen LogP contribution in [0.2, 0.25) is 10.0 Å². The monoisotopic (exact) mass is 603 g/mol. The van der Waals surface area contributed by atoms with E-state index in [-0.39, 0.29) is 5.43 Å². The molecule has 0 saturated carbocycles. The number of aliphatic hydroxyl groups excluding tert-OH is 1. The van der Waals surface area contributed by atoms with Crippen molar-refractivity contribution in [2.24, 2.45) is 7.05 Å². The Morgan fingerprint density at radius 1 is 1.05 bits per heavy atom. The van der Waals surface area contributed by atoms with Crippen LogP contribution >= 0.6 is 23.2 Å². The second-order valence-electron chi connectivity index (χ2n) is 10.8. The number of rotatable bonds is 4. The molecular weight excluding hydrogens is 577 g/mol. The van der Waals surface area contributed by atoms with E-state index in [2.05, 4.69) is 0 Å². The van der Waals surface area contributed by atoms with Gasteiger partial charge in [0.2, 0.25) is 5.43 Å². The third-order valence-corrected chi connectivity index (χ3v) is 8.50. The van der Waals surface area contributed by atoms with Crippen molar-refractivity contribution in [1.29, 1.82) is 0 Å². The average molecular weight is 604 g/mol. The fourth-order valence-electron chi connectivity index (χ4n) is 5.70. The van der Waals surface area contributed by atoms with Crippen molar-refractivity contribution in [1.82, 2.24) is 4.57 Å². The van der Waals surface area contributed by atoms with Gasteiger partial charge in [-0.15, -0.1) is 0 Å². The first kappa shape index (κ1) is 28.1. The summed E-state index contributed by atoms with van der Waals surface area (Å²) in [7, 11) is 3.31. The number of ether oxygens (including phenoxy) is 3. The molecule has 0 radical (unpaired) electrons. The van der Waals surface area contributed by atoms with Gasteiger partial charge in [-0.25, -0.2) is 4.79 Å². The number of aromatic nitrogens is 1. The van der Waals surface area contributed by atoms with Crippen LogP contribution < -0.4 is 14.9 Å². The van der Waals surface area contributed by atoms with Gasteiger partial charge in [0.25, 0.3) is 0 Å². The maximum absolute atomic E-state index is 14.0. The van der Waals surface area contributed by atoms with Gasteiger partial charge in [-0.3, -0.25) is 4.79 Å². The van der Waals surface area contributed by atoms with Crippen LogP contribution in [-0.2, 0) is 16.6 Å². The molecule has 1 aliphatic heterocycles. The molecule has 9 heteroatoms. The van der Waals surface area contributed by atoms with Crippen molar-refractivity contribution in [3.05, 3.63) is 98.1 Å². The van der Waals surface area contributed by atoms with E-state index in [1.54, 1.807) is 44.2 Å². The predicted molar refractivity (Wildman–Crippen MR) is 166 cm³/mol. The van der Waals surface area contributed by atoms with E-state index in [0.29, 0.717) is 54.5 Å². The van der Waals surface area contributed by atoms with Crippen LogP contribution in [0.3, 0.4) is 0 Å². The summed E-state index contributed by atoms with van der Waals surface area (Å²) >= 11 is 12.1. The minimum absolute atomic E-state index is 0.237. The summed E-state index contributed by atoms with van der Waals surface area (Å²) in [6.45, 7) is 3.45. The predicted octanol–water partition coefficient (Wildman–Crippen LogP) is 6.99. The molecule has 4 aromatic carbocycles. The zero-order valence-corrected chi connectivity index (χ0v) is 24.8. The Morgan fingerprint density at radius 3 is 2.45 bits per heavy atom. The van der Waals surface area contributed by atoms with E-state index >= 15 is 0 Å². The van der Waals surface area contributed by atoms with Crippen molar-refractivity contribution >= 4 is 67.8 Å². The number of hydrogen-bond donors (Lipinski definition) is 1. The van der Waals surface area contributed by atoms with E-state index in [0.717, 1.165) is 10.8 Å². The highest BCUT2D eigenvalue weighted by atomic mass is 35.5. The van der Waals surface area contributed by atoms with Gasteiger partial charge in [-0.2, -0.15) is 0 Å². The summed E-state index contributed by atoms with van der Waals surface area (Å²) in [5, 5.41) is 15.3. The molecule has 214 valence electrons. The Labute approximate surface area is 251 Å². The van der Waals surface area contributed by atoms with Gasteiger partial charge >= 0.3 is 5.97 Å². The summed E-state index contributed by atoms with van der Waals surface area (Å²) in [5.41, 5.74) is 0.747. The number of esters is 1. The van der Waals surface area contributed by atoms with Crippen molar-refractivity contribution in [3.8, 4) is 11.5 Å². The number of carbonyl (C=O) groups excluding carboxylic acids is 1. The number of nitrogens with zero attached hydrogens (tertiary/aromatic N) is 1. The van der Waals surface area contributed by atoms with E-state index in [1.807, 2.05) is 48.0 Å². The summed E-state index contributed by atoms with van der Waals surface area (Å²) in [5.74, 6) is -0.0260. The fraction of sp³-hybridized carbons (Fsp3) is 0.212. The fourth-order valence-corrected chi connectivity index (χ4v) is 6.01. The highest BCUT2D eigenvalue weighted by Gasteiger charge is 2.47. The molecule has 2 unspecified atom stereocenters. The Bertz CT molecular complexity index is 2010. The van der Waals surface area contributed by atoms with Crippen LogP contribution in [0.25, 0.3) is 38.7 Å². The highest BCUT2D eigenvalue weighted by molar-refractivity contribution is 6.42. The molecule has 0 spiro atoms. The SMILES string of the molecule is COc1cc2c(c3c1c(=O)c1cc4ccccc4cc1n3C)C(O)C(OC(=O)/C=C/c1ccc(Cl)c(Cl)c1)C(C)(C)O2. The Kier molecular flexibility index (Phi) is 6.92. The molecule has 1 aliphatic rings. The quantitative estimate of drug-likeness (QED) is 0.135. The third-order valence-electron chi connectivity index (χ3n) is 7.76. The van der Waals surface area contributed by atoms with Gasteiger partial charge in [0.15, 0.2) is 6.10 Å². The van der Waals surface area contributed by atoms with Gasteiger partial charge in [0.1, 0.15) is 23.2 Å². The van der Waals surface area contributed by atoms with E-state index in [9.17, 15) is 14.7 Å². The molecule has 0 aliphatic carbocycles. The average Bonchev–Trinajstić information content (AvgIpc) is 2.96. The Hall–Kier alpha value is -4.04. The number of pyridine rings is 1. The number of aryl methyl sites for hydroxylation is 1. The number of aliphatic hydroxyl groups is 1. The third kappa shape index (κ3) is 4.58. The van der Waals surface area contributed by atoms with Crippen LogP contribution in [0, 0.1) is 0 Å². The van der Waals surface area contributed by atoms with Gasteiger partial charge in [-0.1, -0.05) is 53.5 Å². The first-order chi connectivity index (χ1) is 20.0. The molecule has 1 aromatic heterocycles. The van der Waals surface area contributed by atoms with Crippen molar-refractivity contribution < 1.29 is 24.1 Å². The molecule has 6 rings (SSSR count). The molecular formula is C33H27Cl2NO6. The maximum Gasteiger partial charge on any atom is 0.331 e. The second kappa shape index (κ2) is 10.3. The smallest absolute Gasteiger partial charge is 0.331 e. The maximum atomic E-state index is 14.0. The number of halogens is 2. The van der Waals surface area contributed by atoms with Crippen LogP contribution in [0.4, 0.5) is 0 Å². The lowest BCUT2D eigenvalue weighted by Gasteiger charge is -2.42. The summed E-state index contributed by atoms with van der Waals surface area (Å²) < 4.78 is 19.6. The minimum Gasteiger partial charge on any atom is -0.496 e. The molecule has 2 atom stereocenters. The van der Waals surface area contributed by atoms with E-state index < -0.39 is 23.8 Å². The number of benzene rings is 4. The number of methoxy groups -OCH3 is 1. The normalized spacial score (nSPS) is 17.9. The van der Waals surface area contributed by atoms with Crippen LogP contribution in [0.5, 0.6) is 11.5 Å². The largest absolute Gasteiger partial charge is 0.496 e. The molecule has 1 N–H and O–H groups in total. The zero-order valence-electron chi connectivity index (χ0n) is 23.3. The molecule has 0 bridgehead atoms. The minimum atomic E-state index is -1.32. The van der Waals surface area contributed by atoms with Gasteiger partial charge < -0.3 is 23.9 Å². The molecule has 42 heavy (non-hydrogen) atoms. The molecule has 0 amide bonds. The topological polar surface area (TPSA) is 87.0 Å². The number of carbonyl (C=O) groups is 1.